The summed E-state index contributed by atoms with van der Waals surface area (Å²) in [5.74, 6) is 0.103. The molecule has 1 aromatic heterocycles. The standard InChI is InChI=1S/C19H15ClF3N3O/c1-11(18-25-15-4-2-3-5-16(15)26-18)24-17(27)9-6-12-10-13(19(21,22)23)7-8-14(12)20/h2-11H,1H3,(H,24,27)(H,25,26)/b9-6+. The van der Waals surface area contributed by atoms with Gasteiger partial charge in [0.25, 0.3) is 0 Å². The van der Waals surface area contributed by atoms with Crippen molar-refractivity contribution in [3.8, 4) is 0 Å². The van der Waals surface area contributed by atoms with E-state index in [0.29, 0.717) is 5.82 Å². The molecule has 0 fully saturated rings. The molecule has 0 saturated heterocycles. The van der Waals surface area contributed by atoms with Gasteiger partial charge in [-0.2, -0.15) is 13.2 Å². The summed E-state index contributed by atoms with van der Waals surface area (Å²) in [4.78, 5) is 19.6. The molecule has 3 aromatic rings. The van der Waals surface area contributed by atoms with Crippen molar-refractivity contribution in [2.24, 2.45) is 0 Å². The summed E-state index contributed by atoms with van der Waals surface area (Å²) in [5.41, 5.74) is 0.903. The van der Waals surface area contributed by atoms with Gasteiger partial charge >= 0.3 is 6.18 Å². The monoisotopic (exact) mass is 393 g/mol. The van der Waals surface area contributed by atoms with Crippen LogP contribution in [0.1, 0.15) is 29.9 Å². The second kappa shape index (κ2) is 7.44. The molecule has 1 amide bonds. The number of carbonyl (C=O) groups is 1. The van der Waals surface area contributed by atoms with Crippen LogP contribution in [0.3, 0.4) is 0 Å². The van der Waals surface area contributed by atoms with Gasteiger partial charge in [-0.1, -0.05) is 23.7 Å². The quantitative estimate of drug-likeness (QED) is 0.604. The maximum atomic E-state index is 12.8. The van der Waals surface area contributed by atoms with Crippen molar-refractivity contribution in [3.63, 3.8) is 0 Å². The lowest BCUT2D eigenvalue weighted by molar-refractivity contribution is -0.137. The van der Waals surface area contributed by atoms with Crippen LogP contribution in [0.25, 0.3) is 17.1 Å². The number of amides is 1. The number of halogens is 4. The minimum absolute atomic E-state index is 0.109. The Morgan fingerprint density at radius 2 is 2.00 bits per heavy atom. The van der Waals surface area contributed by atoms with Gasteiger partial charge in [0, 0.05) is 11.1 Å². The number of aromatic nitrogens is 2. The second-order valence-electron chi connectivity index (χ2n) is 5.94. The van der Waals surface area contributed by atoms with Crippen molar-refractivity contribution in [1.29, 1.82) is 0 Å². The Hall–Kier alpha value is -2.80. The average Bonchev–Trinajstić information content (AvgIpc) is 3.04. The molecule has 0 aliphatic carbocycles. The first-order chi connectivity index (χ1) is 12.7. The fourth-order valence-electron chi connectivity index (χ4n) is 2.52. The van der Waals surface area contributed by atoms with Crippen molar-refractivity contribution in [2.45, 2.75) is 19.1 Å². The molecular weight excluding hydrogens is 379 g/mol. The summed E-state index contributed by atoms with van der Waals surface area (Å²) in [5, 5.41) is 2.83. The van der Waals surface area contributed by atoms with Crippen LogP contribution in [0, 0.1) is 0 Å². The van der Waals surface area contributed by atoms with E-state index < -0.39 is 23.7 Å². The van der Waals surface area contributed by atoms with E-state index in [0.717, 1.165) is 35.3 Å². The normalized spacial score (nSPS) is 13.2. The number of para-hydroxylation sites is 2. The summed E-state index contributed by atoms with van der Waals surface area (Å²) in [6, 6.07) is 9.98. The van der Waals surface area contributed by atoms with Gasteiger partial charge in [0.1, 0.15) is 5.82 Å². The largest absolute Gasteiger partial charge is 0.416 e. The summed E-state index contributed by atoms with van der Waals surface area (Å²) < 4.78 is 38.4. The van der Waals surface area contributed by atoms with Crippen LogP contribution >= 0.6 is 11.6 Å². The zero-order chi connectivity index (χ0) is 19.6. The SMILES string of the molecule is CC(NC(=O)/C=C/c1cc(C(F)(F)F)ccc1Cl)c1nc2ccccc2[nH]1. The number of fused-ring (bicyclic) bond motifs is 1. The van der Waals surface area contributed by atoms with Crippen LogP contribution in [0.5, 0.6) is 0 Å². The number of rotatable bonds is 4. The Kier molecular flexibility index (Phi) is 5.23. The second-order valence-corrected chi connectivity index (χ2v) is 6.34. The number of nitrogens with one attached hydrogen (secondary N) is 2. The number of aromatic amines is 1. The predicted octanol–water partition coefficient (Wildman–Crippen LogP) is 5.13. The molecule has 0 saturated carbocycles. The first-order valence-electron chi connectivity index (χ1n) is 8.04. The molecule has 1 heterocycles. The fraction of sp³-hybridized carbons (Fsp3) is 0.158. The zero-order valence-electron chi connectivity index (χ0n) is 14.1. The number of hydrogen-bond donors (Lipinski definition) is 2. The van der Waals surface area contributed by atoms with Crippen molar-refractivity contribution in [3.05, 3.63) is 70.5 Å². The molecular formula is C19H15ClF3N3O. The van der Waals surface area contributed by atoms with E-state index in [-0.39, 0.29) is 10.6 Å². The van der Waals surface area contributed by atoms with E-state index in [1.54, 1.807) is 6.92 Å². The smallest absolute Gasteiger partial charge is 0.343 e. The van der Waals surface area contributed by atoms with Crippen LogP contribution in [0.4, 0.5) is 13.2 Å². The van der Waals surface area contributed by atoms with Gasteiger partial charge in [-0.25, -0.2) is 4.98 Å². The molecule has 0 radical (unpaired) electrons. The Labute approximate surface area is 158 Å². The lowest BCUT2D eigenvalue weighted by atomic mass is 10.1. The Morgan fingerprint density at radius 1 is 1.26 bits per heavy atom. The highest BCUT2D eigenvalue weighted by Gasteiger charge is 2.30. The summed E-state index contributed by atoms with van der Waals surface area (Å²) in [6.07, 6.45) is -2.09. The van der Waals surface area contributed by atoms with Crippen molar-refractivity contribution >= 4 is 34.6 Å². The minimum atomic E-state index is -4.48. The van der Waals surface area contributed by atoms with E-state index in [9.17, 15) is 18.0 Å². The van der Waals surface area contributed by atoms with E-state index in [1.807, 2.05) is 24.3 Å². The Balaban J connectivity index is 1.71. The highest BCUT2D eigenvalue weighted by atomic mass is 35.5. The number of imidazole rings is 1. The molecule has 0 bridgehead atoms. The van der Waals surface area contributed by atoms with Crippen LogP contribution in [-0.2, 0) is 11.0 Å². The van der Waals surface area contributed by atoms with Gasteiger partial charge in [-0.3, -0.25) is 4.79 Å². The first-order valence-corrected chi connectivity index (χ1v) is 8.42. The molecule has 0 aliphatic heterocycles. The van der Waals surface area contributed by atoms with Gasteiger partial charge in [-0.05, 0) is 48.9 Å². The maximum absolute atomic E-state index is 12.8. The highest BCUT2D eigenvalue weighted by molar-refractivity contribution is 6.32. The third kappa shape index (κ3) is 4.49. The molecule has 4 nitrogen and oxygen atoms in total. The predicted molar refractivity (Wildman–Crippen MR) is 98.1 cm³/mol. The fourth-order valence-corrected chi connectivity index (χ4v) is 2.70. The molecule has 0 aliphatic rings. The molecule has 1 unspecified atom stereocenters. The topological polar surface area (TPSA) is 57.8 Å². The van der Waals surface area contributed by atoms with Gasteiger partial charge in [0.15, 0.2) is 0 Å². The third-order valence-electron chi connectivity index (χ3n) is 3.91. The lowest BCUT2D eigenvalue weighted by Crippen LogP contribution is -2.25. The van der Waals surface area contributed by atoms with E-state index in [4.69, 9.17) is 11.6 Å². The van der Waals surface area contributed by atoms with Crippen LogP contribution in [0.15, 0.2) is 48.5 Å². The highest BCUT2D eigenvalue weighted by Crippen LogP contribution is 2.32. The first kappa shape index (κ1) is 19.0. The van der Waals surface area contributed by atoms with Crippen LogP contribution in [-0.4, -0.2) is 15.9 Å². The van der Waals surface area contributed by atoms with Gasteiger partial charge in [-0.15, -0.1) is 0 Å². The lowest BCUT2D eigenvalue weighted by Gasteiger charge is -2.10. The number of H-pyrrole nitrogens is 1. The number of nitrogens with zero attached hydrogens (tertiary/aromatic N) is 1. The molecule has 2 N–H and O–H groups in total. The van der Waals surface area contributed by atoms with Gasteiger partial charge in [0.2, 0.25) is 5.91 Å². The molecule has 1 atom stereocenters. The van der Waals surface area contributed by atoms with Crippen molar-refractivity contribution in [2.75, 3.05) is 0 Å². The minimum Gasteiger partial charge on any atom is -0.343 e. The molecule has 27 heavy (non-hydrogen) atoms. The molecule has 2 aromatic carbocycles. The number of hydrogen-bond acceptors (Lipinski definition) is 2. The number of carbonyl (C=O) groups excluding carboxylic acids is 1. The zero-order valence-corrected chi connectivity index (χ0v) is 14.9. The third-order valence-corrected chi connectivity index (χ3v) is 4.26. The number of benzene rings is 2. The van der Waals surface area contributed by atoms with Gasteiger partial charge in [0.05, 0.1) is 22.6 Å². The molecule has 8 heteroatoms. The van der Waals surface area contributed by atoms with E-state index >= 15 is 0 Å². The van der Waals surface area contributed by atoms with Crippen molar-refractivity contribution < 1.29 is 18.0 Å². The Morgan fingerprint density at radius 3 is 2.70 bits per heavy atom. The summed E-state index contributed by atoms with van der Waals surface area (Å²) in [7, 11) is 0. The summed E-state index contributed by atoms with van der Waals surface area (Å²) in [6.45, 7) is 1.75. The van der Waals surface area contributed by atoms with Crippen LogP contribution < -0.4 is 5.32 Å². The van der Waals surface area contributed by atoms with E-state index in [1.165, 1.54) is 6.08 Å². The Bertz CT molecular complexity index is 978. The van der Waals surface area contributed by atoms with Gasteiger partial charge < -0.3 is 10.3 Å². The average molecular weight is 394 g/mol. The summed E-state index contributed by atoms with van der Waals surface area (Å²) >= 11 is 5.91. The molecule has 0 spiro atoms. The van der Waals surface area contributed by atoms with Crippen LogP contribution in [0.2, 0.25) is 5.02 Å². The van der Waals surface area contributed by atoms with Crippen molar-refractivity contribution in [1.82, 2.24) is 15.3 Å². The molecule has 140 valence electrons. The van der Waals surface area contributed by atoms with E-state index in [2.05, 4.69) is 15.3 Å². The molecule has 3 rings (SSSR count). The number of alkyl halides is 3. The maximum Gasteiger partial charge on any atom is 0.416 e.